The van der Waals surface area contributed by atoms with Gasteiger partial charge < -0.3 is 9.47 Å². The molecular formula is C16H18BrNO4. The first kappa shape index (κ1) is 16.5. The Morgan fingerprint density at radius 2 is 1.77 bits per heavy atom. The molecule has 0 aliphatic carbocycles. The minimum atomic E-state index is -0.256. The van der Waals surface area contributed by atoms with Crippen LogP contribution in [-0.4, -0.2) is 42.8 Å². The predicted molar refractivity (Wildman–Crippen MR) is 87.3 cm³/mol. The normalized spacial score (nSPS) is 14.8. The van der Waals surface area contributed by atoms with E-state index in [1.807, 2.05) is 6.92 Å². The van der Waals surface area contributed by atoms with Gasteiger partial charge in [-0.2, -0.15) is 0 Å². The fourth-order valence-electron chi connectivity index (χ4n) is 2.47. The highest BCUT2D eigenvalue weighted by Gasteiger charge is 2.37. The van der Waals surface area contributed by atoms with Crippen LogP contribution in [0.25, 0.3) is 5.57 Å². The Labute approximate surface area is 138 Å². The van der Waals surface area contributed by atoms with Crippen molar-refractivity contribution in [2.45, 2.75) is 13.3 Å². The summed E-state index contributed by atoms with van der Waals surface area (Å²) in [6.07, 6.45) is 0.728. The Kier molecular flexibility index (Phi) is 5.24. The lowest BCUT2D eigenvalue weighted by molar-refractivity contribution is -0.136. The second-order valence-corrected chi connectivity index (χ2v) is 5.38. The maximum atomic E-state index is 12.6. The molecule has 1 aromatic rings. The highest BCUT2D eigenvalue weighted by molar-refractivity contribution is 9.09. The molecule has 0 aromatic heterocycles. The van der Waals surface area contributed by atoms with Crippen LogP contribution in [-0.2, 0) is 9.59 Å². The summed E-state index contributed by atoms with van der Waals surface area (Å²) in [7, 11) is 3.08. The second kappa shape index (κ2) is 6.96. The number of hydrogen-bond donors (Lipinski definition) is 0. The molecule has 0 unspecified atom stereocenters. The van der Waals surface area contributed by atoms with Gasteiger partial charge in [-0.1, -0.05) is 28.9 Å². The van der Waals surface area contributed by atoms with Crippen molar-refractivity contribution in [3.05, 3.63) is 29.3 Å². The first-order valence-corrected chi connectivity index (χ1v) is 8.08. The van der Waals surface area contributed by atoms with Gasteiger partial charge in [0.2, 0.25) is 0 Å². The average molecular weight is 368 g/mol. The highest BCUT2D eigenvalue weighted by Crippen LogP contribution is 2.35. The van der Waals surface area contributed by atoms with Crippen LogP contribution < -0.4 is 9.47 Å². The maximum absolute atomic E-state index is 12.6. The number of carbonyl (C=O) groups is 2. The van der Waals surface area contributed by atoms with E-state index in [1.54, 1.807) is 25.3 Å². The van der Waals surface area contributed by atoms with Crippen molar-refractivity contribution in [1.29, 1.82) is 0 Å². The van der Waals surface area contributed by atoms with Crippen molar-refractivity contribution in [3.8, 4) is 11.5 Å². The summed E-state index contributed by atoms with van der Waals surface area (Å²) in [5.41, 5.74) is 1.56. The molecule has 0 bridgehead atoms. The van der Waals surface area contributed by atoms with Crippen molar-refractivity contribution >= 4 is 33.3 Å². The SMILES string of the molecule is CCCN1C(=O)C(CBr)=C(c2ccc(OC)c(OC)c2)C1=O. The fourth-order valence-corrected chi connectivity index (χ4v) is 2.99. The number of alkyl halides is 1. The number of ether oxygens (including phenoxy) is 2. The van der Waals surface area contributed by atoms with Crippen LogP contribution in [0.2, 0.25) is 0 Å². The Hall–Kier alpha value is -1.82. The van der Waals surface area contributed by atoms with E-state index in [2.05, 4.69) is 15.9 Å². The molecule has 0 saturated carbocycles. The number of amides is 2. The molecule has 5 nitrogen and oxygen atoms in total. The van der Waals surface area contributed by atoms with Gasteiger partial charge in [0.15, 0.2) is 11.5 Å². The Bertz CT molecular complexity index is 639. The monoisotopic (exact) mass is 367 g/mol. The van der Waals surface area contributed by atoms with Crippen LogP contribution >= 0.6 is 15.9 Å². The zero-order valence-corrected chi connectivity index (χ0v) is 14.4. The lowest BCUT2D eigenvalue weighted by atomic mass is 10.0. The Morgan fingerprint density at radius 1 is 1.09 bits per heavy atom. The number of methoxy groups -OCH3 is 2. The van der Waals surface area contributed by atoms with E-state index in [1.165, 1.54) is 12.0 Å². The van der Waals surface area contributed by atoms with Gasteiger partial charge in [-0.3, -0.25) is 14.5 Å². The van der Waals surface area contributed by atoms with Crippen molar-refractivity contribution < 1.29 is 19.1 Å². The third-order valence-electron chi connectivity index (χ3n) is 3.52. The second-order valence-electron chi connectivity index (χ2n) is 4.82. The molecule has 0 saturated heterocycles. The van der Waals surface area contributed by atoms with Crippen LogP contribution in [0.3, 0.4) is 0 Å². The molecule has 0 spiro atoms. The molecule has 1 aliphatic heterocycles. The molecule has 0 radical (unpaired) electrons. The number of imide groups is 1. The van der Waals surface area contributed by atoms with Gasteiger partial charge in [0.25, 0.3) is 11.8 Å². The molecule has 1 aromatic carbocycles. The van der Waals surface area contributed by atoms with Crippen molar-refractivity contribution in [2.75, 3.05) is 26.1 Å². The van der Waals surface area contributed by atoms with Crippen LogP contribution in [0, 0.1) is 0 Å². The molecule has 0 fully saturated rings. The zero-order valence-electron chi connectivity index (χ0n) is 12.8. The smallest absolute Gasteiger partial charge is 0.261 e. The van der Waals surface area contributed by atoms with Gasteiger partial charge in [-0.05, 0) is 24.1 Å². The van der Waals surface area contributed by atoms with Crippen molar-refractivity contribution in [2.24, 2.45) is 0 Å². The topological polar surface area (TPSA) is 55.8 Å². The predicted octanol–water partition coefficient (Wildman–Crippen LogP) is 2.63. The average Bonchev–Trinajstić information content (AvgIpc) is 2.78. The molecule has 118 valence electrons. The zero-order chi connectivity index (χ0) is 16.3. The molecule has 22 heavy (non-hydrogen) atoms. The molecule has 0 atom stereocenters. The summed E-state index contributed by atoms with van der Waals surface area (Å²) in [5, 5.41) is 0.335. The molecule has 0 N–H and O–H groups in total. The first-order chi connectivity index (χ1) is 10.6. The summed E-state index contributed by atoms with van der Waals surface area (Å²) in [6.45, 7) is 2.35. The number of rotatable bonds is 6. The fraction of sp³-hybridized carbons (Fsp3) is 0.375. The van der Waals surface area contributed by atoms with Crippen molar-refractivity contribution in [3.63, 3.8) is 0 Å². The van der Waals surface area contributed by atoms with Crippen molar-refractivity contribution in [1.82, 2.24) is 4.90 Å². The molecular weight excluding hydrogens is 350 g/mol. The maximum Gasteiger partial charge on any atom is 0.261 e. The van der Waals surface area contributed by atoms with E-state index in [4.69, 9.17) is 9.47 Å². The van der Waals surface area contributed by atoms with Gasteiger partial charge in [-0.25, -0.2) is 0 Å². The minimum absolute atomic E-state index is 0.228. The first-order valence-electron chi connectivity index (χ1n) is 6.96. The highest BCUT2D eigenvalue weighted by atomic mass is 79.9. The standard InChI is InChI=1S/C16H18BrNO4/c1-4-7-18-15(19)11(9-17)14(16(18)20)10-5-6-12(21-2)13(8-10)22-3/h5-6,8H,4,7,9H2,1-3H3. The van der Waals surface area contributed by atoms with E-state index in [-0.39, 0.29) is 11.8 Å². The number of nitrogens with zero attached hydrogens (tertiary/aromatic N) is 1. The molecule has 1 aliphatic rings. The molecule has 2 amide bonds. The Balaban J connectivity index is 2.51. The van der Waals surface area contributed by atoms with Crippen LogP contribution in [0.1, 0.15) is 18.9 Å². The van der Waals surface area contributed by atoms with E-state index < -0.39 is 0 Å². The van der Waals surface area contributed by atoms with Gasteiger partial charge in [-0.15, -0.1) is 0 Å². The van der Waals surface area contributed by atoms with Crippen LogP contribution in [0.15, 0.2) is 23.8 Å². The van der Waals surface area contributed by atoms with Crippen LogP contribution in [0.4, 0.5) is 0 Å². The van der Waals surface area contributed by atoms with E-state index in [0.29, 0.717) is 40.1 Å². The quantitative estimate of drug-likeness (QED) is 0.572. The summed E-state index contributed by atoms with van der Waals surface area (Å²) in [5.74, 6) is 0.618. The van der Waals surface area contributed by atoms with Gasteiger partial charge in [0, 0.05) is 17.4 Å². The summed E-state index contributed by atoms with van der Waals surface area (Å²) in [4.78, 5) is 26.2. The number of benzene rings is 1. The summed E-state index contributed by atoms with van der Waals surface area (Å²) in [6, 6.07) is 5.21. The molecule has 1 heterocycles. The third kappa shape index (κ3) is 2.75. The molecule has 2 rings (SSSR count). The van der Waals surface area contributed by atoms with E-state index in [0.717, 1.165) is 6.42 Å². The Morgan fingerprint density at radius 3 is 2.32 bits per heavy atom. The van der Waals surface area contributed by atoms with Crippen LogP contribution in [0.5, 0.6) is 11.5 Å². The van der Waals surface area contributed by atoms with Gasteiger partial charge in [0.1, 0.15) is 0 Å². The third-order valence-corrected chi connectivity index (χ3v) is 4.08. The lowest BCUT2D eigenvalue weighted by Gasteiger charge is -2.14. The van der Waals surface area contributed by atoms with E-state index >= 15 is 0 Å². The number of hydrogen-bond acceptors (Lipinski definition) is 4. The van der Waals surface area contributed by atoms with Gasteiger partial charge >= 0.3 is 0 Å². The lowest BCUT2D eigenvalue weighted by Crippen LogP contribution is -2.32. The number of halogens is 1. The van der Waals surface area contributed by atoms with E-state index in [9.17, 15) is 9.59 Å². The van der Waals surface area contributed by atoms with Gasteiger partial charge in [0.05, 0.1) is 19.8 Å². The minimum Gasteiger partial charge on any atom is -0.493 e. The summed E-state index contributed by atoms with van der Waals surface area (Å²) >= 11 is 3.31. The largest absolute Gasteiger partial charge is 0.493 e. The molecule has 6 heteroatoms. The number of carbonyl (C=O) groups excluding carboxylic acids is 2. The summed E-state index contributed by atoms with van der Waals surface area (Å²) < 4.78 is 10.5.